The average Bonchev–Trinajstić information content (AvgIpc) is 2.88. The molecule has 1 heterocycles. The number of nitrogens with two attached hydrogens (primary N) is 1. The van der Waals surface area contributed by atoms with Crippen molar-refractivity contribution in [1.29, 1.82) is 0 Å². The Bertz CT molecular complexity index is 692. The molecule has 0 unspecified atom stereocenters. The fourth-order valence-electron chi connectivity index (χ4n) is 1.85. The van der Waals surface area contributed by atoms with E-state index in [2.05, 4.69) is 9.71 Å². The molecule has 2 rings (SSSR count). The van der Waals surface area contributed by atoms with Gasteiger partial charge in [-0.05, 0) is 18.2 Å². The van der Waals surface area contributed by atoms with Crippen LogP contribution < -0.4 is 15.4 Å². The molecule has 1 aromatic heterocycles. The summed E-state index contributed by atoms with van der Waals surface area (Å²) in [6.45, 7) is 0.268. The third-order valence-electron chi connectivity index (χ3n) is 2.88. The third kappa shape index (κ3) is 2.94. The highest BCUT2D eigenvalue weighted by Gasteiger charge is 2.17. The highest BCUT2D eigenvalue weighted by Crippen LogP contribution is 2.26. The van der Waals surface area contributed by atoms with Crippen LogP contribution in [0.3, 0.4) is 0 Å². The van der Waals surface area contributed by atoms with Gasteiger partial charge in [0.2, 0.25) is 0 Å². The number of hydrogen-bond donors (Lipinski definition) is 3. The van der Waals surface area contributed by atoms with Crippen molar-refractivity contribution in [2.24, 2.45) is 5.73 Å². The van der Waals surface area contributed by atoms with E-state index in [1.165, 1.54) is 12.3 Å². The van der Waals surface area contributed by atoms with Gasteiger partial charge in [0.1, 0.15) is 4.90 Å². The number of benzene rings is 1. The normalized spacial score (nSPS) is 11.3. The van der Waals surface area contributed by atoms with Crippen LogP contribution >= 0.6 is 0 Å². The van der Waals surface area contributed by atoms with Gasteiger partial charge < -0.3 is 15.6 Å². The van der Waals surface area contributed by atoms with E-state index in [4.69, 9.17) is 5.73 Å². The van der Waals surface area contributed by atoms with Crippen molar-refractivity contribution in [3.05, 3.63) is 42.2 Å². The van der Waals surface area contributed by atoms with Crippen LogP contribution in [0.1, 0.15) is 5.69 Å². The molecule has 4 N–H and O–H groups in total. The first-order chi connectivity index (χ1) is 9.44. The first-order valence-electron chi connectivity index (χ1n) is 6.10. The summed E-state index contributed by atoms with van der Waals surface area (Å²) < 4.78 is 27.2. The Morgan fingerprint density at radius 1 is 1.30 bits per heavy atom. The molecule has 0 amide bonds. The predicted octanol–water partition coefficient (Wildman–Crippen LogP) is 1.34. The lowest BCUT2D eigenvalue weighted by molar-refractivity contribution is 0.601. The highest BCUT2D eigenvalue weighted by molar-refractivity contribution is 7.92. The van der Waals surface area contributed by atoms with E-state index in [1.54, 1.807) is 12.1 Å². The molecule has 0 saturated carbocycles. The van der Waals surface area contributed by atoms with Crippen molar-refractivity contribution in [3.63, 3.8) is 0 Å². The zero-order valence-corrected chi connectivity index (χ0v) is 12.2. The molecule has 0 aliphatic heterocycles. The second-order valence-corrected chi connectivity index (χ2v) is 6.26. The molecular weight excluding hydrogens is 276 g/mol. The number of sulfonamides is 1. The fourth-order valence-corrected chi connectivity index (χ4v) is 2.94. The van der Waals surface area contributed by atoms with Crippen LogP contribution in [-0.2, 0) is 16.6 Å². The minimum Gasteiger partial charge on any atom is -0.376 e. The van der Waals surface area contributed by atoms with Gasteiger partial charge in [0, 0.05) is 32.5 Å². The van der Waals surface area contributed by atoms with E-state index < -0.39 is 10.0 Å². The van der Waals surface area contributed by atoms with Gasteiger partial charge in [-0.1, -0.05) is 12.1 Å². The lowest BCUT2D eigenvalue weighted by atomic mass is 10.2. The van der Waals surface area contributed by atoms with Crippen LogP contribution in [-0.4, -0.2) is 27.5 Å². The molecule has 0 bridgehead atoms. The first-order valence-corrected chi connectivity index (χ1v) is 7.59. The Labute approximate surface area is 118 Å². The standard InChI is InChI=1S/C13H18N4O2S/c1-17(2)13-6-4-3-5-12(13)16-20(18,19)11-7-10(8-14)15-9-11/h3-7,9,15-16H,8,14H2,1-2H3. The summed E-state index contributed by atoms with van der Waals surface area (Å²) in [4.78, 5) is 4.85. The summed E-state index contributed by atoms with van der Waals surface area (Å²) in [6, 6.07) is 8.74. The zero-order valence-electron chi connectivity index (χ0n) is 11.4. The maximum absolute atomic E-state index is 12.3. The van der Waals surface area contributed by atoms with Crippen molar-refractivity contribution in [2.45, 2.75) is 11.4 Å². The van der Waals surface area contributed by atoms with Gasteiger partial charge >= 0.3 is 0 Å². The van der Waals surface area contributed by atoms with Crippen molar-refractivity contribution in [2.75, 3.05) is 23.7 Å². The molecule has 0 aliphatic carbocycles. The van der Waals surface area contributed by atoms with E-state index >= 15 is 0 Å². The molecule has 108 valence electrons. The largest absolute Gasteiger partial charge is 0.376 e. The number of nitrogens with zero attached hydrogens (tertiary/aromatic N) is 1. The number of aromatic nitrogens is 1. The number of aromatic amines is 1. The van der Waals surface area contributed by atoms with Crippen LogP contribution in [0.5, 0.6) is 0 Å². The van der Waals surface area contributed by atoms with Crippen molar-refractivity contribution in [1.82, 2.24) is 4.98 Å². The first kappa shape index (κ1) is 14.4. The molecule has 6 nitrogen and oxygen atoms in total. The molecule has 2 aromatic rings. The number of nitrogens with one attached hydrogen (secondary N) is 2. The lowest BCUT2D eigenvalue weighted by Gasteiger charge is -2.18. The molecule has 1 aromatic carbocycles. The maximum Gasteiger partial charge on any atom is 0.263 e. The molecule has 0 aliphatic rings. The van der Waals surface area contributed by atoms with Gasteiger partial charge in [0.25, 0.3) is 10.0 Å². The molecule has 0 fully saturated rings. The summed E-state index contributed by atoms with van der Waals surface area (Å²) in [6.07, 6.45) is 1.43. The summed E-state index contributed by atoms with van der Waals surface area (Å²) in [5, 5.41) is 0. The van der Waals surface area contributed by atoms with Crippen LogP contribution in [0.25, 0.3) is 0 Å². The molecule has 7 heteroatoms. The maximum atomic E-state index is 12.3. The Balaban J connectivity index is 2.33. The Hall–Kier alpha value is -1.99. The van der Waals surface area contributed by atoms with E-state index in [0.717, 1.165) is 5.69 Å². The number of anilines is 2. The number of H-pyrrole nitrogens is 1. The van der Waals surface area contributed by atoms with Gasteiger partial charge in [0.05, 0.1) is 11.4 Å². The molecule has 0 saturated heterocycles. The molecule has 0 spiro atoms. The predicted molar refractivity (Wildman–Crippen MR) is 80.3 cm³/mol. The van der Waals surface area contributed by atoms with E-state index in [-0.39, 0.29) is 11.4 Å². The van der Waals surface area contributed by atoms with Crippen molar-refractivity contribution >= 4 is 21.4 Å². The van der Waals surface area contributed by atoms with Crippen molar-refractivity contribution in [3.8, 4) is 0 Å². The Kier molecular flexibility index (Phi) is 4.01. The van der Waals surface area contributed by atoms with Gasteiger partial charge in [0.15, 0.2) is 0 Å². The van der Waals surface area contributed by atoms with Crippen LogP contribution in [0.4, 0.5) is 11.4 Å². The summed E-state index contributed by atoms with van der Waals surface area (Å²) in [5.74, 6) is 0. The second-order valence-electron chi connectivity index (χ2n) is 4.58. The Morgan fingerprint density at radius 3 is 2.60 bits per heavy atom. The van der Waals surface area contributed by atoms with Gasteiger partial charge in [-0.25, -0.2) is 8.42 Å². The van der Waals surface area contributed by atoms with E-state index in [9.17, 15) is 8.42 Å². The van der Waals surface area contributed by atoms with E-state index in [1.807, 2.05) is 31.1 Å². The highest BCUT2D eigenvalue weighted by atomic mass is 32.2. The lowest BCUT2D eigenvalue weighted by Crippen LogP contribution is -2.16. The molecule has 0 radical (unpaired) electrons. The van der Waals surface area contributed by atoms with Gasteiger partial charge in [-0.15, -0.1) is 0 Å². The minimum absolute atomic E-state index is 0.173. The summed E-state index contributed by atoms with van der Waals surface area (Å²) in [7, 11) is 0.0921. The smallest absolute Gasteiger partial charge is 0.263 e. The third-order valence-corrected chi connectivity index (χ3v) is 4.22. The van der Waals surface area contributed by atoms with Crippen LogP contribution in [0, 0.1) is 0 Å². The SMILES string of the molecule is CN(C)c1ccccc1NS(=O)(=O)c1c[nH]c(CN)c1. The Morgan fingerprint density at radius 2 is 2.00 bits per heavy atom. The second kappa shape index (κ2) is 5.56. The van der Waals surface area contributed by atoms with Crippen LogP contribution in [0.15, 0.2) is 41.4 Å². The quantitative estimate of drug-likeness (QED) is 0.776. The molecule has 0 atom stereocenters. The van der Waals surface area contributed by atoms with Crippen molar-refractivity contribution < 1.29 is 8.42 Å². The average molecular weight is 294 g/mol. The molecule has 20 heavy (non-hydrogen) atoms. The summed E-state index contributed by atoms with van der Waals surface area (Å²) >= 11 is 0. The number of hydrogen-bond acceptors (Lipinski definition) is 4. The fraction of sp³-hybridized carbons (Fsp3) is 0.231. The van der Waals surface area contributed by atoms with Gasteiger partial charge in [-0.2, -0.15) is 0 Å². The minimum atomic E-state index is -3.62. The number of para-hydroxylation sites is 2. The number of rotatable bonds is 5. The van der Waals surface area contributed by atoms with Crippen LogP contribution in [0.2, 0.25) is 0 Å². The summed E-state index contributed by atoms with van der Waals surface area (Å²) in [5.41, 5.74) is 7.47. The van der Waals surface area contributed by atoms with E-state index in [0.29, 0.717) is 11.4 Å². The van der Waals surface area contributed by atoms with Gasteiger partial charge in [-0.3, -0.25) is 4.72 Å². The monoisotopic (exact) mass is 294 g/mol. The topological polar surface area (TPSA) is 91.2 Å². The zero-order chi connectivity index (χ0) is 14.8. The molecular formula is C13H18N4O2S.